The number of aromatic nitrogens is 4. The van der Waals surface area contributed by atoms with Gasteiger partial charge in [0.15, 0.2) is 15.5 Å². The maximum Gasteiger partial charge on any atom is 0.264 e. The Bertz CT molecular complexity index is 1230. The molecule has 9 nitrogen and oxygen atoms in total. The van der Waals surface area contributed by atoms with E-state index in [1.165, 1.54) is 33.9 Å². The van der Waals surface area contributed by atoms with Crippen molar-refractivity contribution in [1.82, 2.24) is 24.6 Å². The van der Waals surface area contributed by atoms with Gasteiger partial charge in [0.2, 0.25) is 5.91 Å². The molecule has 2 aromatic heterocycles. The number of rotatable bonds is 5. The summed E-state index contributed by atoms with van der Waals surface area (Å²) >= 11 is 0. The van der Waals surface area contributed by atoms with Crippen molar-refractivity contribution in [1.29, 1.82) is 0 Å². The molecule has 0 saturated carbocycles. The minimum atomic E-state index is -3.10. The maximum atomic E-state index is 12.9. The smallest absolute Gasteiger partial charge is 0.264 e. The number of carbonyl (C=O) groups is 1. The Morgan fingerprint density at radius 2 is 2.03 bits per heavy atom. The molecule has 3 aromatic rings. The highest BCUT2D eigenvalue weighted by Gasteiger charge is 2.31. The van der Waals surface area contributed by atoms with Gasteiger partial charge in [-0.1, -0.05) is 12.1 Å². The van der Waals surface area contributed by atoms with Crippen LogP contribution < -0.4 is 10.9 Å². The van der Waals surface area contributed by atoms with E-state index in [1.54, 1.807) is 12.1 Å². The second kappa shape index (κ2) is 7.39. The summed E-state index contributed by atoms with van der Waals surface area (Å²) in [6.45, 7) is -0.0242. The lowest BCUT2D eigenvalue weighted by atomic mass is 10.2. The van der Waals surface area contributed by atoms with E-state index in [2.05, 4.69) is 15.4 Å². The minimum Gasteiger partial charge on any atom is -0.350 e. The highest BCUT2D eigenvalue weighted by Crippen LogP contribution is 2.25. The molecule has 3 heterocycles. The van der Waals surface area contributed by atoms with Gasteiger partial charge in [-0.3, -0.25) is 14.2 Å². The molecule has 11 heteroatoms. The molecule has 1 amide bonds. The third kappa shape index (κ3) is 4.04. The lowest BCUT2D eigenvalue weighted by Gasteiger charge is -2.10. The number of hydrogen-bond donors (Lipinski definition) is 1. The van der Waals surface area contributed by atoms with Crippen molar-refractivity contribution in [3.05, 3.63) is 58.5 Å². The van der Waals surface area contributed by atoms with E-state index < -0.39 is 21.3 Å². The Balaban J connectivity index is 1.48. The van der Waals surface area contributed by atoms with E-state index in [0.717, 1.165) is 5.56 Å². The van der Waals surface area contributed by atoms with Gasteiger partial charge in [-0.15, -0.1) is 0 Å². The van der Waals surface area contributed by atoms with Crippen molar-refractivity contribution in [2.75, 3.05) is 11.5 Å². The Morgan fingerprint density at radius 1 is 1.28 bits per heavy atom. The van der Waals surface area contributed by atoms with Gasteiger partial charge in [-0.2, -0.15) is 5.10 Å². The zero-order chi connectivity index (χ0) is 20.6. The average molecular weight is 419 g/mol. The molecular weight excluding hydrogens is 401 g/mol. The fourth-order valence-corrected chi connectivity index (χ4v) is 5.02. The van der Waals surface area contributed by atoms with E-state index in [1.807, 2.05) is 0 Å². The molecule has 1 fully saturated rings. The molecule has 1 aliphatic heterocycles. The summed E-state index contributed by atoms with van der Waals surface area (Å²) in [5.74, 6) is -0.696. The van der Waals surface area contributed by atoms with Crippen LogP contribution in [0.3, 0.4) is 0 Å². The van der Waals surface area contributed by atoms with Crippen LogP contribution in [0, 0.1) is 5.82 Å². The fraction of sp³-hybridized carbons (Fsp3) is 0.333. The first-order chi connectivity index (χ1) is 13.8. The van der Waals surface area contributed by atoms with Gasteiger partial charge in [0, 0.05) is 6.54 Å². The number of halogens is 1. The van der Waals surface area contributed by atoms with Gasteiger partial charge < -0.3 is 5.32 Å². The summed E-state index contributed by atoms with van der Waals surface area (Å²) in [6.07, 6.45) is 3.03. The number of benzene rings is 1. The van der Waals surface area contributed by atoms with E-state index in [9.17, 15) is 22.4 Å². The van der Waals surface area contributed by atoms with Crippen LogP contribution in [0.2, 0.25) is 0 Å². The number of fused-ring (bicyclic) bond motifs is 1. The first-order valence-electron chi connectivity index (χ1n) is 8.96. The monoisotopic (exact) mass is 419 g/mol. The van der Waals surface area contributed by atoms with Gasteiger partial charge >= 0.3 is 0 Å². The van der Waals surface area contributed by atoms with Crippen LogP contribution in [0.5, 0.6) is 0 Å². The molecule has 1 aromatic carbocycles. The number of sulfone groups is 1. The van der Waals surface area contributed by atoms with Crippen LogP contribution in [0.15, 0.2) is 41.6 Å². The first-order valence-corrected chi connectivity index (χ1v) is 10.8. The molecule has 29 heavy (non-hydrogen) atoms. The number of nitrogens with zero attached hydrogens (tertiary/aromatic N) is 4. The molecule has 1 unspecified atom stereocenters. The molecule has 1 saturated heterocycles. The standard InChI is InChI=1S/C18H18FN5O4S/c19-13-3-1-12(2-4-13)7-20-16(25)9-23-11-21-17-15(18(23)26)8-22-24(17)14-5-6-29(27,28)10-14/h1-4,8,11,14H,5-7,9-10H2,(H,20,25). The summed E-state index contributed by atoms with van der Waals surface area (Å²) in [4.78, 5) is 29.0. The molecule has 1 atom stereocenters. The summed E-state index contributed by atoms with van der Waals surface area (Å²) in [6, 6.07) is 5.38. The first kappa shape index (κ1) is 19.2. The molecule has 1 N–H and O–H groups in total. The quantitative estimate of drug-likeness (QED) is 0.640. The highest BCUT2D eigenvalue weighted by molar-refractivity contribution is 7.91. The summed E-state index contributed by atoms with van der Waals surface area (Å²) in [5.41, 5.74) is 0.604. The number of carbonyl (C=O) groups excluding carboxylic acids is 1. The molecule has 152 valence electrons. The van der Waals surface area contributed by atoms with Gasteiger partial charge in [0.1, 0.15) is 24.1 Å². The van der Waals surface area contributed by atoms with Gasteiger partial charge in [-0.25, -0.2) is 22.5 Å². The Morgan fingerprint density at radius 3 is 2.72 bits per heavy atom. The zero-order valence-electron chi connectivity index (χ0n) is 15.3. The van der Waals surface area contributed by atoms with Crippen LogP contribution in [0.25, 0.3) is 11.0 Å². The molecule has 0 radical (unpaired) electrons. The number of nitrogens with one attached hydrogen (secondary N) is 1. The summed E-state index contributed by atoms with van der Waals surface area (Å²) < 4.78 is 39.0. The minimum absolute atomic E-state index is 0.0274. The van der Waals surface area contributed by atoms with Crippen molar-refractivity contribution >= 4 is 26.8 Å². The van der Waals surface area contributed by atoms with Crippen molar-refractivity contribution in [2.45, 2.75) is 25.6 Å². The molecule has 0 spiro atoms. The van der Waals surface area contributed by atoms with E-state index >= 15 is 0 Å². The summed E-state index contributed by atoms with van der Waals surface area (Å²) in [7, 11) is -3.10. The van der Waals surface area contributed by atoms with Gasteiger partial charge in [0.25, 0.3) is 5.56 Å². The lowest BCUT2D eigenvalue weighted by molar-refractivity contribution is -0.121. The number of hydrogen-bond acceptors (Lipinski definition) is 6. The zero-order valence-corrected chi connectivity index (χ0v) is 16.1. The van der Waals surface area contributed by atoms with Crippen LogP contribution >= 0.6 is 0 Å². The third-order valence-electron chi connectivity index (χ3n) is 4.85. The fourth-order valence-electron chi connectivity index (χ4n) is 3.33. The third-order valence-corrected chi connectivity index (χ3v) is 6.60. The molecule has 0 bridgehead atoms. The van der Waals surface area contributed by atoms with Crippen LogP contribution in [-0.4, -0.2) is 45.2 Å². The largest absolute Gasteiger partial charge is 0.350 e. The van der Waals surface area contributed by atoms with E-state index in [4.69, 9.17) is 0 Å². The maximum absolute atomic E-state index is 12.9. The van der Waals surface area contributed by atoms with Crippen molar-refractivity contribution < 1.29 is 17.6 Å². The van der Waals surface area contributed by atoms with Crippen molar-refractivity contribution in [3.8, 4) is 0 Å². The Hall–Kier alpha value is -3.08. The second-order valence-corrected chi connectivity index (χ2v) is 9.19. The average Bonchev–Trinajstić information content (AvgIpc) is 3.27. The molecule has 0 aliphatic carbocycles. The molecule has 1 aliphatic rings. The predicted octanol–water partition coefficient (Wildman–Crippen LogP) is 0.408. The lowest BCUT2D eigenvalue weighted by Crippen LogP contribution is -2.32. The van der Waals surface area contributed by atoms with Crippen LogP contribution in [-0.2, 0) is 27.7 Å². The van der Waals surface area contributed by atoms with Crippen molar-refractivity contribution in [3.63, 3.8) is 0 Å². The number of amides is 1. The molecular formula is C18H18FN5O4S. The van der Waals surface area contributed by atoms with E-state index in [0.29, 0.717) is 12.1 Å². The Labute approximate surface area is 165 Å². The van der Waals surface area contributed by atoms with Crippen molar-refractivity contribution in [2.24, 2.45) is 0 Å². The van der Waals surface area contributed by atoms with Crippen LogP contribution in [0.1, 0.15) is 18.0 Å². The predicted molar refractivity (Wildman–Crippen MR) is 102 cm³/mol. The summed E-state index contributed by atoms with van der Waals surface area (Å²) in [5, 5.41) is 7.04. The topological polar surface area (TPSA) is 116 Å². The Kier molecular flexibility index (Phi) is 4.91. The highest BCUT2D eigenvalue weighted by atomic mass is 32.2. The van der Waals surface area contributed by atoms with Gasteiger partial charge in [-0.05, 0) is 24.1 Å². The van der Waals surface area contributed by atoms with E-state index in [-0.39, 0.29) is 41.8 Å². The van der Waals surface area contributed by atoms with Crippen LogP contribution in [0.4, 0.5) is 4.39 Å². The normalized spacial score (nSPS) is 18.2. The molecule has 4 rings (SSSR count). The second-order valence-electron chi connectivity index (χ2n) is 6.96. The SMILES string of the molecule is O=C(Cn1cnc2c(cnn2C2CCS(=O)(=O)C2)c1=O)NCc1ccc(F)cc1. The van der Waals surface area contributed by atoms with Gasteiger partial charge in [0.05, 0.1) is 23.7 Å².